The molecule has 0 spiro atoms. The Morgan fingerprint density at radius 2 is 1.23 bits per heavy atom. The molecule has 3 aliphatic heterocycles. The van der Waals surface area contributed by atoms with Gasteiger partial charge < -0.3 is 98.2 Å². The van der Waals surface area contributed by atoms with Gasteiger partial charge in [0.15, 0.2) is 69.9 Å². The van der Waals surface area contributed by atoms with Crippen LogP contribution in [0.1, 0.15) is 11.1 Å². The fourth-order valence-corrected chi connectivity index (χ4v) is 7.21. The SMILES string of the molecule is COc1cc(C=CC(=O)OC[C@H]2O[C@@H](O[C@H]3[C@H](Oc4cc5c(O)cc(=O)cc-5oc4-c4ccc(O)c(OC)c4)O[C@H](COC(=[OH+])C=Cc4ccc(O)c(O)c4)[C@@H](O)[C@@H]3O)[C@H](O)[C@@H](O)[C@@H]2O)ccc1O. The van der Waals surface area contributed by atoms with Crippen LogP contribution in [0.3, 0.4) is 0 Å². The summed E-state index contributed by atoms with van der Waals surface area (Å²) in [4.78, 5) is 35.7. The standard InChI is InChI=1S/C47H46O22/c1-61-32-14-22(4-9-27(32)50)6-12-38(55)63-19-35-39(56)41(58)43(60)46(67-35)69-45-42(59)40(57)36(20-64-37(54)11-5-21-3-8-26(49)30(53)13-21)68-47(45)66-34-18-25-29(52)16-24(48)17-31(25)65-44(34)23-7-10-28(51)33(15-23)62-2/h3-18,35-36,39-43,45-47,49-53,56-60H,19-20H2,1-2H3/p+1/t35-,36-,39-,40-,41+,42+,43-,45-,46+,47-/m1/s1. The van der Waals surface area contributed by atoms with Crippen molar-refractivity contribution in [3.63, 3.8) is 0 Å². The van der Waals surface area contributed by atoms with Crippen molar-refractivity contribution in [1.29, 1.82) is 0 Å². The number of fused-ring (bicyclic) bond motifs is 1. The van der Waals surface area contributed by atoms with Gasteiger partial charge in [-0.25, -0.2) is 4.79 Å². The molecule has 0 radical (unpaired) electrons. The minimum atomic E-state index is -2.06. The lowest BCUT2D eigenvalue weighted by Crippen LogP contribution is -2.65. The van der Waals surface area contributed by atoms with Gasteiger partial charge in [0, 0.05) is 23.8 Å². The topological polar surface area (TPSA) is 345 Å². The molecule has 11 N–H and O–H groups in total. The van der Waals surface area contributed by atoms with E-state index in [1.807, 2.05) is 0 Å². The maximum atomic E-state index is 12.7. The molecule has 0 amide bonds. The Morgan fingerprint density at radius 1 is 0.623 bits per heavy atom. The molecule has 0 saturated carbocycles. The summed E-state index contributed by atoms with van der Waals surface area (Å²) in [5.41, 5.74) is 0.276. The number of hydrogen-bond acceptors (Lipinski definition) is 21. The number of methoxy groups -OCH3 is 2. The van der Waals surface area contributed by atoms with E-state index in [1.165, 1.54) is 87.0 Å². The monoisotopic (exact) mass is 963 g/mol. The third-order valence-electron chi connectivity index (χ3n) is 10.9. The number of hydrogen-bond donors (Lipinski definition) is 10. The molecule has 2 saturated heterocycles. The second kappa shape index (κ2) is 21.3. The number of carbonyl (C=O) groups is 1. The summed E-state index contributed by atoms with van der Waals surface area (Å²) in [7, 11) is 2.63. The zero-order valence-electron chi connectivity index (χ0n) is 36.3. The third kappa shape index (κ3) is 11.3. The highest BCUT2D eigenvalue weighted by Gasteiger charge is 2.53. The molecule has 366 valence electrons. The average Bonchev–Trinajstić information content (AvgIpc) is 3.33. The van der Waals surface area contributed by atoms with Gasteiger partial charge in [0.2, 0.25) is 12.9 Å². The number of phenolic OH excluding ortho intramolecular Hbond substituents is 5. The summed E-state index contributed by atoms with van der Waals surface area (Å²) in [5, 5.41) is 106. The molecule has 0 unspecified atom stereocenters. The molecule has 22 nitrogen and oxygen atoms in total. The number of phenols is 5. The Bertz CT molecular complexity index is 2730. The molecular formula is C47H47O22+. The van der Waals surface area contributed by atoms with E-state index in [1.54, 1.807) is 0 Å². The lowest BCUT2D eigenvalue weighted by atomic mass is 9.97. The molecule has 2 fully saturated rings. The first-order valence-corrected chi connectivity index (χ1v) is 20.8. The molecule has 10 atom stereocenters. The van der Waals surface area contributed by atoms with Crippen molar-refractivity contribution in [2.75, 3.05) is 27.4 Å². The Balaban J connectivity index is 1.17. The summed E-state index contributed by atoms with van der Waals surface area (Å²) in [5.74, 6) is -3.87. The van der Waals surface area contributed by atoms with Crippen LogP contribution in [0.5, 0.6) is 46.0 Å². The number of esters is 2. The normalized spacial score (nSPS) is 24.9. The van der Waals surface area contributed by atoms with E-state index in [9.17, 15) is 65.4 Å². The smallest absolute Gasteiger partial charge is 0.507 e. The van der Waals surface area contributed by atoms with E-state index in [-0.39, 0.29) is 57.1 Å². The van der Waals surface area contributed by atoms with Gasteiger partial charge >= 0.3 is 11.9 Å². The first kappa shape index (κ1) is 49.5. The van der Waals surface area contributed by atoms with Gasteiger partial charge in [0.1, 0.15) is 54.7 Å². The molecule has 3 heterocycles. The average molecular weight is 964 g/mol. The van der Waals surface area contributed by atoms with Gasteiger partial charge in [0.25, 0.3) is 0 Å². The van der Waals surface area contributed by atoms with Gasteiger partial charge in [-0.05, 0) is 71.8 Å². The Labute approximate surface area is 390 Å². The van der Waals surface area contributed by atoms with Crippen molar-refractivity contribution < 1.29 is 103 Å². The van der Waals surface area contributed by atoms with Crippen molar-refractivity contribution >= 4 is 24.1 Å². The van der Waals surface area contributed by atoms with Crippen LogP contribution in [0.25, 0.3) is 34.8 Å². The predicted molar refractivity (Wildman–Crippen MR) is 236 cm³/mol. The van der Waals surface area contributed by atoms with Crippen molar-refractivity contribution in [2.45, 2.75) is 61.4 Å². The fourth-order valence-electron chi connectivity index (χ4n) is 7.21. The van der Waals surface area contributed by atoms with Crippen LogP contribution in [0, 0.1) is 0 Å². The fraction of sp³-hybridized carbons (Fsp3) is 0.298. The molecule has 69 heavy (non-hydrogen) atoms. The molecule has 3 aromatic carbocycles. The van der Waals surface area contributed by atoms with Crippen LogP contribution in [0.15, 0.2) is 94.2 Å². The van der Waals surface area contributed by atoms with Crippen LogP contribution < -0.4 is 19.6 Å². The number of aromatic hydroxyl groups is 5. The molecular weight excluding hydrogens is 916 g/mol. The van der Waals surface area contributed by atoms with E-state index >= 15 is 0 Å². The summed E-state index contributed by atoms with van der Waals surface area (Å²) in [6.07, 6.45) is -14.1. The van der Waals surface area contributed by atoms with Gasteiger partial charge in [-0.2, -0.15) is 0 Å². The van der Waals surface area contributed by atoms with Crippen LogP contribution in [0.4, 0.5) is 0 Å². The Hall–Kier alpha value is -7.41. The zero-order valence-corrected chi connectivity index (χ0v) is 36.3. The summed E-state index contributed by atoms with van der Waals surface area (Å²) < 4.78 is 51.2. The third-order valence-corrected chi connectivity index (χ3v) is 10.9. The lowest BCUT2D eigenvalue weighted by molar-refractivity contribution is -0.357. The number of aliphatic hydroxyl groups is 5. The molecule has 0 bridgehead atoms. The van der Waals surface area contributed by atoms with E-state index in [0.717, 1.165) is 24.3 Å². The van der Waals surface area contributed by atoms with Crippen molar-refractivity contribution in [3.8, 4) is 68.6 Å². The van der Waals surface area contributed by atoms with Crippen molar-refractivity contribution in [1.82, 2.24) is 0 Å². The molecule has 3 aromatic rings. The highest BCUT2D eigenvalue weighted by Crippen LogP contribution is 2.44. The summed E-state index contributed by atoms with van der Waals surface area (Å²) in [6.45, 7) is -1.40. The lowest BCUT2D eigenvalue weighted by Gasteiger charge is -2.45. The molecule has 22 heteroatoms. The predicted octanol–water partition coefficient (Wildman–Crippen LogP) is 1.46. The van der Waals surface area contributed by atoms with E-state index in [4.69, 9.17) is 42.3 Å². The Morgan fingerprint density at radius 3 is 1.93 bits per heavy atom. The number of benzene rings is 4. The molecule has 7 rings (SSSR count). The van der Waals surface area contributed by atoms with Crippen LogP contribution in [-0.2, 0) is 28.5 Å². The maximum Gasteiger partial charge on any atom is 0.510 e. The minimum absolute atomic E-state index is 0.0224. The highest BCUT2D eigenvalue weighted by atomic mass is 16.8. The summed E-state index contributed by atoms with van der Waals surface area (Å²) >= 11 is 0. The highest BCUT2D eigenvalue weighted by molar-refractivity contribution is 5.88. The first-order chi connectivity index (χ1) is 32.9. The maximum absolute atomic E-state index is 12.7. The van der Waals surface area contributed by atoms with E-state index < -0.39 is 103 Å². The largest absolute Gasteiger partial charge is 0.510 e. The molecule has 1 aliphatic carbocycles. The zero-order chi connectivity index (χ0) is 49.7. The summed E-state index contributed by atoms with van der Waals surface area (Å²) in [6, 6.07) is 15.3. The van der Waals surface area contributed by atoms with Gasteiger partial charge in [-0.1, -0.05) is 12.1 Å². The number of aliphatic hydroxyl groups excluding tert-OH is 5. The second-order valence-corrected chi connectivity index (χ2v) is 15.6. The second-order valence-electron chi connectivity index (χ2n) is 15.6. The Kier molecular flexibility index (Phi) is 15.3. The van der Waals surface area contributed by atoms with Crippen molar-refractivity contribution in [2.24, 2.45) is 0 Å². The number of rotatable bonds is 15. The number of carbonyl (C=O) groups excluding carboxylic acids is 2. The quantitative estimate of drug-likeness (QED) is 0.0307. The van der Waals surface area contributed by atoms with Crippen LogP contribution in [-0.4, -0.2) is 157 Å². The molecule has 0 aromatic heterocycles. The van der Waals surface area contributed by atoms with Gasteiger partial charge in [0.05, 0.1) is 25.9 Å². The molecule has 4 aliphatic rings. The number of ether oxygens (including phenoxy) is 8. The van der Waals surface area contributed by atoms with Crippen LogP contribution >= 0.6 is 0 Å². The van der Waals surface area contributed by atoms with Gasteiger partial charge in [-0.15, -0.1) is 0 Å². The first-order valence-electron chi connectivity index (χ1n) is 20.8. The van der Waals surface area contributed by atoms with Crippen molar-refractivity contribution in [3.05, 3.63) is 106 Å². The van der Waals surface area contributed by atoms with E-state index in [2.05, 4.69) is 0 Å². The van der Waals surface area contributed by atoms with Gasteiger partial charge in [-0.3, -0.25) is 4.79 Å². The van der Waals surface area contributed by atoms with Crippen LogP contribution in [0.2, 0.25) is 0 Å². The van der Waals surface area contributed by atoms with E-state index in [0.29, 0.717) is 11.1 Å². The minimum Gasteiger partial charge on any atom is -0.507 e.